The summed E-state index contributed by atoms with van der Waals surface area (Å²) in [5.41, 5.74) is 1.36. The van der Waals surface area contributed by atoms with Crippen molar-refractivity contribution in [3.8, 4) is 0 Å². The molecule has 1 rings (SSSR count). The quantitative estimate of drug-likeness (QED) is 0.870. The Bertz CT molecular complexity index is 364. The summed E-state index contributed by atoms with van der Waals surface area (Å²) in [7, 11) is 1.91. The van der Waals surface area contributed by atoms with Crippen LogP contribution in [0.5, 0.6) is 0 Å². The van der Waals surface area contributed by atoms with Crippen LogP contribution in [0.15, 0.2) is 6.07 Å². The molecule has 0 fully saturated rings. The van der Waals surface area contributed by atoms with Gasteiger partial charge in [-0.05, 0) is 17.8 Å². The van der Waals surface area contributed by atoms with Crippen LogP contribution in [0, 0.1) is 11.3 Å². The lowest BCUT2D eigenvalue weighted by Gasteiger charge is -2.18. The third kappa shape index (κ3) is 5.16. The van der Waals surface area contributed by atoms with Crippen LogP contribution in [0.4, 0.5) is 5.82 Å². The molecule has 1 N–H and O–H groups in total. The molecule has 0 unspecified atom stereocenters. The first-order valence-electron chi connectivity index (χ1n) is 6.35. The minimum Gasteiger partial charge on any atom is -0.373 e. The molecule has 0 saturated carbocycles. The van der Waals surface area contributed by atoms with E-state index in [1.807, 2.05) is 13.1 Å². The lowest BCUT2D eigenvalue weighted by atomic mass is 9.92. The minimum absolute atomic E-state index is 0.224. The van der Waals surface area contributed by atoms with Crippen LogP contribution in [-0.2, 0) is 12.8 Å². The molecule has 0 saturated heterocycles. The molecule has 96 valence electrons. The topological polar surface area (TPSA) is 37.8 Å². The standard InChI is InChI=1S/C14H25N3/c1-10(2)7-11-8-12(15-6)17-13(16-11)9-14(3,4)5/h8,10H,7,9H2,1-6H3,(H,15,16,17). The summed E-state index contributed by atoms with van der Waals surface area (Å²) in [6.07, 6.45) is 1.92. The molecule has 1 aromatic heterocycles. The molecule has 3 heteroatoms. The summed E-state index contributed by atoms with van der Waals surface area (Å²) >= 11 is 0. The van der Waals surface area contributed by atoms with E-state index >= 15 is 0 Å². The average molecular weight is 235 g/mol. The second-order valence-electron chi connectivity index (χ2n) is 6.25. The monoisotopic (exact) mass is 235 g/mol. The Balaban J connectivity index is 2.97. The maximum absolute atomic E-state index is 4.66. The zero-order valence-electron chi connectivity index (χ0n) is 12.0. The lowest BCUT2D eigenvalue weighted by molar-refractivity contribution is 0.400. The van der Waals surface area contributed by atoms with E-state index in [9.17, 15) is 0 Å². The molecule has 0 aliphatic rings. The Morgan fingerprint density at radius 2 is 1.88 bits per heavy atom. The van der Waals surface area contributed by atoms with E-state index in [-0.39, 0.29) is 5.41 Å². The van der Waals surface area contributed by atoms with Crippen LogP contribution >= 0.6 is 0 Å². The van der Waals surface area contributed by atoms with Gasteiger partial charge in [-0.3, -0.25) is 0 Å². The summed E-state index contributed by atoms with van der Waals surface area (Å²) in [5, 5.41) is 3.12. The van der Waals surface area contributed by atoms with E-state index in [4.69, 9.17) is 0 Å². The SMILES string of the molecule is CNc1cc(CC(C)C)nc(CC(C)(C)C)n1. The summed E-state index contributed by atoms with van der Waals surface area (Å²) in [6, 6.07) is 2.05. The Hall–Kier alpha value is -1.12. The number of aromatic nitrogens is 2. The fourth-order valence-electron chi connectivity index (χ4n) is 1.76. The van der Waals surface area contributed by atoms with Gasteiger partial charge in [-0.2, -0.15) is 0 Å². The smallest absolute Gasteiger partial charge is 0.131 e. The lowest BCUT2D eigenvalue weighted by Crippen LogP contribution is -2.14. The van der Waals surface area contributed by atoms with Crippen LogP contribution < -0.4 is 5.32 Å². The van der Waals surface area contributed by atoms with Gasteiger partial charge in [0.15, 0.2) is 0 Å². The molecule has 1 aromatic rings. The van der Waals surface area contributed by atoms with Gasteiger partial charge in [0.25, 0.3) is 0 Å². The Labute approximate surface area is 105 Å². The fraction of sp³-hybridized carbons (Fsp3) is 0.714. The van der Waals surface area contributed by atoms with Crippen molar-refractivity contribution in [3.05, 3.63) is 17.6 Å². The predicted octanol–water partition coefficient (Wildman–Crippen LogP) is 3.31. The van der Waals surface area contributed by atoms with Gasteiger partial charge in [0, 0.05) is 25.2 Å². The Morgan fingerprint density at radius 1 is 1.24 bits per heavy atom. The van der Waals surface area contributed by atoms with E-state index in [0.717, 1.165) is 30.2 Å². The van der Waals surface area contributed by atoms with E-state index < -0.39 is 0 Å². The molecule has 0 aliphatic heterocycles. The highest BCUT2D eigenvalue weighted by Crippen LogP contribution is 2.20. The van der Waals surface area contributed by atoms with Crippen molar-refractivity contribution in [2.45, 2.75) is 47.5 Å². The summed E-state index contributed by atoms with van der Waals surface area (Å²) in [6.45, 7) is 11.1. The molecule has 0 spiro atoms. The second kappa shape index (κ2) is 5.48. The van der Waals surface area contributed by atoms with Crippen molar-refractivity contribution in [2.75, 3.05) is 12.4 Å². The third-order valence-corrected chi connectivity index (χ3v) is 2.39. The van der Waals surface area contributed by atoms with Gasteiger partial charge in [0.1, 0.15) is 11.6 Å². The summed E-state index contributed by atoms with van der Waals surface area (Å²) in [4.78, 5) is 9.18. The highest BCUT2D eigenvalue weighted by atomic mass is 15.0. The van der Waals surface area contributed by atoms with Gasteiger partial charge in [0.05, 0.1) is 0 Å². The van der Waals surface area contributed by atoms with Crippen molar-refractivity contribution in [1.29, 1.82) is 0 Å². The van der Waals surface area contributed by atoms with Gasteiger partial charge in [-0.1, -0.05) is 34.6 Å². The predicted molar refractivity (Wildman–Crippen MR) is 73.3 cm³/mol. The van der Waals surface area contributed by atoms with Crippen LogP contribution in [0.3, 0.4) is 0 Å². The number of hydrogen-bond donors (Lipinski definition) is 1. The molecular weight excluding hydrogens is 210 g/mol. The summed E-state index contributed by atoms with van der Waals surface area (Å²) in [5.74, 6) is 2.49. The van der Waals surface area contributed by atoms with Crippen molar-refractivity contribution >= 4 is 5.82 Å². The molecule has 0 atom stereocenters. The molecule has 0 radical (unpaired) electrons. The molecule has 17 heavy (non-hydrogen) atoms. The van der Waals surface area contributed by atoms with E-state index in [1.54, 1.807) is 0 Å². The highest BCUT2D eigenvalue weighted by molar-refractivity contribution is 5.35. The van der Waals surface area contributed by atoms with Gasteiger partial charge in [-0.15, -0.1) is 0 Å². The molecule has 0 aromatic carbocycles. The van der Waals surface area contributed by atoms with Crippen molar-refractivity contribution in [1.82, 2.24) is 9.97 Å². The first-order chi connectivity index (χ1) is 7.80. The van der Waals surface area contributed by atoms with Gasteiger partial charge in [0.2, 0.25) is 0 Å². The molecule has 1 heterocycles. The van der Waals surface area contributed by atoms with Gasteiger partial charge >= 0.3 is 0 Å². The van der Waals surface area contributed by atoms with Crippen molar-refractivity contribution < 1.29 is 0 Å². The normalized spacial score (nSPS) is 11.9. The fourth-order valence-corrected chi connectivity index (χ4v) is 1.76. The van der Waals surface area contributed by atoms with E-state index in [1.165, 1.54) is 0 Å². The number of nitrogens with zero attached hydrogens (tertiary/aromatic N) is 2. The van der Waals surface area contributed by atoms with Crippen LogP contribution in [-0.4, -0.2) is 17.0 Å². The number of rotatable bonds is 4. The van der Waals surface area contributed by atoms with Crippen molar-refractivity contribution in [2.24, 2.45) is 11.3 Å². The molecule has 3 nitrogen and oxygen atoms in total. The van der Waals surface area contributed by atoms with Gasteiger partial charge < -0.3 is 5.32 Å². The highest BCUT2D eigenvalue weighted by Gasteiger charge is 2.15. The van der Waals surface area contributed by atoms with Crippen LogP contribution in [0.2, 0.25) is 0 Å². The number of hydrogen-bond acceptors (Lipinski definition) is 3. The van der Waals surface area contributed by atoms with E-state index in [0.29, 0.717) is 5.92 Å². The second-order valence-corrected chi connectivity index (χ2v) is 6.25. The molecule has 0 amide bonds. The zero-order valence-corrected chi connectivity index (χ0v) is 12.0. The first kappa shape index (κ1) is 13.9. The average Bonchev–Trinajstić information content (AvgIpc) is 2.13. The van der Waals surface area contributed by atoms with Crippen molar-refractivity contribution in [3.63, 3.8) is 0 Å². The van der Waals surface area contributed by atoms with Gasteiger partial charge in [-0.25, -0.2) is 9.97 Å². The largest absolute Gasteiger partial charge is 0.373 e. The minimum atomic E-state index is 0.224. The number of anilines is 1. The zero-order chi connectivity index (χ0) is 13.1. The molecule has 0 bridgehead atoms. The maximum atomic E-state index is 4.66. The summed E-state index contributed by atoms with van der Waals surface area (Å²) < 4.78 is 0. The Morgan fingerprint density at radius 3 is 2.35 bits per heavy atom. The molecular formula is C14H25N3. The maximum Gasteiger partial charge on any atom is 0.131 e. The Kier molecular flexibility index (Phi) is 4.49. The first-order valence-corrected chi connectivity index (χ1v) is 6.35. The third-order valence-electron chi connectivity index (χ3n) is 2.39. The van der Waals surface area contributed by atoms with Crippen LogP contribution in [0.1, 0.15) is 46.1 Å². The molecule has 0 aliphatic carbocycles. The van der Waals surface area contributed by atoms with Crippen LogP contribution in [0.25, 0.3) is 0 Å². The number of nitrogens with one attached hydrogen (secondary N) is 1. The van der Waals surface area contributed by atoms with E-state index in [2.05, 4.69) is 49.9 Å².